The fourth-order valence-corrected chi connectivity index (χ4v) is 11.8. The van der Waals surface area contributed by atoms with Crippen molar-refractivity contribution in [3.63, 3.8) is 0 Å². The highest BCUT2D eigenvalue weighted by Gasteiger charge is 2.54. The Hall–Kier alpha value is -5.25. The van der Waals surface area contributed by atoms with Crippen molar-refractivity contribution in [3.05, 3.63) is 87.4 Å². The molecule has 336 valence electrons. The summed E-state index contributed by atoms with van der Waals surface area (Å²) in [5.74, 6) is -1.65. The molecule has 4 aliphatic rings. The van der Waals surface area contributed by atoms with Crippen LogP contribution in [0.3, 0.4) is 0 Å². The van der Waals surface area contributed by atoms with Gasteiger partial charge in [0.25, 0.3) is 0 Å². The van der Waals surface area contributed by atoms with Gasteiger partial charge in [-0.2, -0.15) is 4.98 Å². The van der Waals surface area contributed by atoms with Gasteiger partial charge in [0.2, 0.25) is 17.8 Å². The Kier molecular flexibility index (Phi) is 11.6. The van der Waals surface area contributed by atoms with E-state index < -0.39 is 42.3 Å². The average Bonchev–Trinajstić information content (AvgIpc) is 3.21. The summed E-state index contributed by atoms with van der Waals surface area (Å²) in [4.78, 5) is 40.0. The molecule has 5 heterocycles. The van der Waals surface area contributed by atoms with Crippen LogP contribution in [0.25, 0.3) is 10.9 Å². The van der Waals surface area contributed by atoms with Gasteiger partial charge in [0.1, 0.15) is 36.2 Å². The van der Waals surface area contributed by atoms with Crippen LogP contribution in [0, 0.1) is 36.2 Å². The highest BCUT2D eigenvalue weighted by Crippen LogP contribution is 2.50. The smallest absolute Gasteiger partial charge is 0.234 e. The number of carbonyl (C=O) groups is 2. The number of benzene rings is 3. The van der Waals surface area contributed by atoms with E-state index in [0.29, 0.717) is 73.6 Å². The first-order valence-corrected chi connectivity index (χ1v) is 25.0. The highest BCUT2D eigenvalue weighted by molar-refractivity contribution is 9.10. The molecule has 0 unspecified atom stereocenters. The van der Waals surface area contributed by atoms with Crippen molar-refractivity contribution in [2.24, 2.45) is 11.8 Å². The van der Waals surface area contributed by atoms with E-state index in [1.54, 1.807) is 50.7 Å². The quantitative estimate of drug-likeness (QED) is 0.0740. The van der Waals surface area contributed by atoms with E-state index in [0.717, 1.165) is 56.4 Å². The molecule has 0 bridgehead atoms. The standard InChI is InChI=1S/C46H50BrF3N9O4P/c1-6-25-15-37(54-45-51-22-31(47)43(56-45)53-36-9-8-35-30(42(36)64(4,5)62)18-32(48)24(2)52-35)39(63-3)19-38(25)58-13-11-26(12-14-58)27-20-46(21-27)23-59(57-46)28-16-33(49)41(34(50)17-28)29-7-10-40(60)55-44(29)61/h8-9,15-19,22,26-27,29,57H,6-7,10-14,20-21,23H2,1-5H3,(H,55,60,61)(H2,51,53,54,56)/t27?,29-,46?/m1/s1. The molecule has 2 aromatic heterocycles. The number of carbonyl (C=O) groups excluding carboxylic acids is 2. The number of nitrogens with one attached hydrogen (secondary N) is 4. The summed E-state index contributed by atoms with van der Waals surface area (Å²) in [5, 5.41) is 11.6. The third kappa shape index (κ3) is 8.30. The van der Waals surface area contributed by atoms with Crippen molar-refractivity contribution in [2.75, 3.05) is 60.6 Å². The number of rotatable bonds is 11. The van der Waals surface area contributed by atoms with Gasteiger partial charge in [-0.15, -0.1) is 0 Å². The Morgan fingerprint density at radius 1 is 0.953 bits per heavy atom. The lowest BCUT2D eigenvalue weighted by molar-refractivity contribution is -0.134. The normalized spacial score (nSPS) is 21.5. The molecule has 0 radical (unpaired) electrons. The molecule has 2 amide bonds. The molecule has 3 aliphatic heterocycles. The number of fused-ring (bicyclic) bond motifs is 1. The van der Waals surface area contributed by atoms with E-state index in [4.69, 9.17) is 9.72 Å². The Morgan fingerprint density at radius 2 is 1.67 bits per heavy atom. The maximum atomic E-state index is 15.2. The minimum Gasteiger partial charge on any atom is -0.494 e. The summed E-state index contributed by atoms with van der Waals surface area (Å²) in [5.41, 5.74) is 7.82. The zero-order chi connectivity index (χ0) is 45.2. The van der Waals surface area contributed by atoms with Crippen molar-refractivity contribution >= 4 is 85.6 Å². The van der Waals surface area contributed by atoms with E-state index in [-0.39, 0.29) is 29.6 Å². The molecule has 13 nitrogen and oxygen atoms in total. The second-order valence-electron chi connectivity index (χ2n) is 17.9. The lowest BCUT2D eigenvalue weighted by Crippen LogP contribution is -2.77. The SMILES string of the molecule is CCc1cc(Nc2ncc(Br)c(Nc3ccc4nc(C)c(F)cc4c3P(C)(C)=O)n2)c(OC)cc1N1CCC(C2CC3(C2)CN(c2cc(F)c([C@H]4CCC(=O)NC4=O)c(F)c2)N3)CC1. The molecule has 4 N–H and O–H groups in total. The number of pyridine rings is 1. The highest BCUT2D eigenvalue weighted by atomic mass is 79.9. The van der Waals surface area contributed by atoms with Gasteiger partial charge in [-0.25, -0.2) is 23.6 Å². The van der Waals surface area contributed by atoms with E-state index in [1.807, 2.05) is 0 Å². The fraction of sp³-hybridized carbons (Fsp3) is 0.413. The number of anilines is 6. The summed E-state index contributed by atoms with van der Waals surface area (Å²) in [6.07, 6.45) is 6.63. The first-order valence-electron chi connectivity index (χ1n) is 21.6. The van der Waals surface area contributed by atoms with Gasteiger partial charge in [-0.1, -0.05) is 6.92 Å². The second-order valence-corrected chi connectivity index (χ2v) is 21.9. The molecule has 5 aromatic rings. The van der Waals surface area contributed by atoms with Gasteiger partial charge in [0.05, 0.1) is 57.9 Å². The van der Waals surface area contributed by atoms with E-state index in [1.165, 1.54) is 18.2 Å². The number of piperidine rings is 2. The van der Waals surface area contributed by atoms with Crippen molar-refractivity contribution in [3.8, 4) is 5.75 Å². The number of imide groups is 1. The number of hydrazine groups is 1. The number of amides is 2. The Bertz CT molecular complexity index is 2730. The molecule has 1 saturated carbocycles. The minimum absolute atomic E-state index is 0.0463. The average molecular weight is 961 g/mol. The maximum Gasteiger partial charge on any atom is 0.234 e. The van der Waals surface area contributed by atoms with Crippen LogP contribution in [0.4, 0.5) is 47.7 Å². The lowest BCUT2D eigenvalue weighted by atomic mass is 9.60. The number of hydrogen-bond acceptors (Lipinski definition) is 12. The number of hydrogen-bond donors (Lipinski definition) is 4. The van der Waals surface area contributed by atoms with Crippen LogP contribution in [-0.4, -0.2) is 72.4 Å². The van der Waals surface area contributed by atoms with Crippen LogP contribution in [0.2, 0.25) is 0 Å². The maximum absolute atomic E-state index is 15.2. The molecular weight excluding hydrogens is 910 g/mol. The summed E-state index contributed by atoms with van der Waals surface area (Å²) in [6.45, 7) is 9.48. The molecule has 1 aliphatic carbocycles. The van der Waals surface area contributed by atoms with Crippen molar-refractivity contribution in [2.45, 2.75) is 70.3 Å². The van der Waals surface area contributed by atoms with Crippen LogP contribution in [0.15, 0.2) is 53.1 Å². The van der Waals surface area contributed by atoms with Gasteiger partial charge < -0.3 is 29.8 Å². The topological polar surface area (TPSA) is 154 Å². The number of nitrogens with zero attached hydrogens (tertiary/aromatic N) is 5. The zero-order valence-corrected chi connectivity index (χ0v) is 38.7. The predicted molar refractivity (Wildman–Crippen MR) is 247 cm³/mol. The van der Waals surface area contributed by atoms with Crippen molar-refractivity contribution in [1.82, 2.24) is 25.7 Å². The largest absolute Gasteiger partial charge is 0.494 e. The molecule has 1 spiro atoms. The third-order valence-corrected chi connectivity index (χ3v) is 15.5. The van der Waals surface area contributed by atoms with Crippen molar-refractivity contribution in [1.29, 1.82) is 0 Å². The van der Waals surface area contributed by atoms with Gasteiger partial charge in [-0.05, 0) is 129 Å². The predicted octanol–water partition coefficient (Wildman–Crippen LogP) is 8.73. The van der Waals surface area contributed by atoms with Crippen LogP contribution < -0.4 is 41.3 Å². The van der Waals surface area contributed by atoms with Crippen LogP contribution in [0.5, 0.6) is 5.75 Å². The van der Waals surface area contributed by atoms with Crippen molar-refractivity contribution < 1.29 is 32.1 Å². The monoisotopic (exact) mass is 959 g/mol. The van der Waals surface area contributed by atoms with Crippen LogP contribution in [0.1, 0.15) is 68.2 Å². The van der Waals surface area contributed by atoms with E-state index >= 15 is 8.78 Å². The Labute approximate surface area is 377 Å². The van der Waals surface area contributed by atoms with E-state index in [2.05, 4.69) is 71.2 Å². The molecule has 1 atom stereocenters. The number of halogens is 4. The third-order valence-electron chi connectivity index (χ3n) is 13.3. The first kappa shape index (κ1) is 44.0. The van der Waals surface area contributed by atoms with Crippen LogP contribution >= 0.6 is 23.1 Å². The Morgan fingerprint density at radius 3 is 2.33 bits per heavy atom. The summed E-state index contributed by atoms with van der Waals surface area (Å²) >= 11 is 3.56. The molecule has 3 aromatic carbocycles. The van der Waals surface area contributed by atoms with Gasteiger partial charge >= 0.3 is 0 Å². The molecule has 4 fully saturated rings. The molecule has 18 heteroatoms. The second kappa shape index (κ2) is 17.0. The first-order chi connectivity index (χ1) is 30.5. The van der Waals surface area contributed by atoms with Gasteiger partial charge in [0.15, 0.2) is 0 Å². The summed E-state index contributed by atoms with van der Waals surface area (Å²) < 4.78 is 65.2. The molecular formula is C46H50BrF3N9O4P. The van der Waals surface area contributed by atoms with Gasteiger partial charge in [-0.3, -0.25) is 19.9 Å². The van der Waals surface area contributed by atoms with Crippen LogP contribution in [-0.2, 0) is 20.6 Å². The minimum atomic E-state index is -2.93. The summed E-state index contributed by atoms with van der Waals surface area (Å²) in [6, 6.07) is 11.6. The van der Waals surface area contributed by atoms with Gasteiger partial charge in [0, 0.05) is 53.7 Å². The molecule has 3 saturated heterocycles. The number of ether oxygens (including phenoxy) is 1. The zero-order valence-electron chi connectivity index (χ0n) is 36.3. The summed E-state index contributed by atoms with van der Waals surface area (Å²) in [7, 11) is -1.29. The molecule has 64 heavy (non-hydrogen) atoms. The number of aromatic nitrogens is 3. The Balaban J connectivity index is 0.830. The number of methoxy groups -OCH3 is 1. The lowest BCUT2D eigenvalue weighted by Gasteiger charge is -2.62. The molecule has 9 rings (SSSR count). The number of aryl methyl sites for hydroxylation is 2. The van der Waals surface area contributed by atoms with E-state index in [9.17, 15) is 18.5 Å². The fourth-order valence-electron chi connectivity index (χ4n) is 10.1.